The Morgan fingerprint density at radius 1 is 1.33 bits per heavy atom. The zero-order chi connectivity index (χ0) is 15.5. The van der Waals surface area contributed by atoms with Gasteiger partial charge in [0.25, 0.3) is 0 Å². The van der Waals surface area contributed by atoms with E-state index in [4.69, 9.17) is 9.84 Å². The zero-order valence-electron chi connectivity index (χ0n) is 11.9. The molecule has 21 heavy (non-hydrogen) atoms. The summed E-state index contributed by atoms with van der Waals surface area (Å²) >= 11 is 0. The first kappa shape index (κ1) is 15.8. The van der Waals surface area contributed by atoms with Crippen LogP contribution < -0.4 is 4.74 Å². The van der Waals surface area contributed by atoms with E-state index in [0.717, 1.165) is 12.1 Å². The van der Waals surface area contributed by atoms with Crippen LogP contribution in [0.5, 0.6) is 5.75 Å². The smallest absolute Gasteiger partial charge is 0.339 e. The third-order valence-electron chi connectivity index (χ3n) is 3.55. The lowest BCUT2D eigenvalue weighted by molar-refractivity contribution is 0.0693. The minimum atomic E-state index is -2.92. The Kier molecular flexibility index (Phi) is 4.84. The summed E-state index contributed by atoms with van der Waals surface area (Å²) in [6, 6.07) is 4.96. The van der Waals surface area contributed by atoms with E-state index in [0.29, 0.717) is 25.3 Å². The summed E-state index contributed by atoms with van der Waals surface area (Å²) in [5.74, 6) is -0.288. The fourth-order valence-electron chi connectivity index (χ4n) is 2.42. The number of rotatable bonds is 4. The monoisotopic (exact) mass is 313 g/mol. The molecule has 0 amide bonds. The number of benzene rings is 1. The molecule has 1 aromatic carbocycles. The van der Waals surface area contributed by atoms with E-state index < -0.39 is 15.8 Å². The summed E-state index contributed by atoms with van der Waals surface area (Å²) in [6.07, 6.45) is 0.632. The number of aromatic carboxylic acids is 1. The lowest BCUT2D eigenvalue weighted by Gasteiger charge is -2.19. The molecule has 2 rings (SSSR count). The van der Waals surface area contributed by atoms with Crippen LogP contribution in [0.2, 0.25) is 0 Å². The minimum Gasteiger partial charge on any atom is -0.496 e. The number of ether oxygens (including phenoxy) is 1. The topological polar surface area (TPSA) is 83.9 Å². The molecule has 0 bridgehead atoms. The van der Waals surface area contributed by atoms with Crippen LogP contribution >= 0.6 is 0 Å². The number of methoxy groups -OCH3 is 1. The number of hydrogen-bond acceptors (Lipinski definition) is 5. The van der Waals surface area contributed by atoms with Crippen molar-refractivity contribution in [1.82, 2.24) is 4.90 Å². The van der Waals surface area contributed by atoms with Gasteiger partial charge < -0.3 is 9.84 Å². The van der Waals surface area contributed by atoms with Crippen molar-refractivity contribution >= 4 is 15.8 Å². The lowest BCUT2D eigenvalue weighted by Crippen LogP contribution is -2.26. The third-order valence-corrected chi connectivity index (χ3v) is 5.27. The van der Waals surface area contributed by atoms with E-state index >= 15 is 0 Å². The van der Waals surface area contributed by atoms with Crippen LogP contribution in [0.15, 0.2) is 18.2 Å². The molecule has 0 aliphatic carbocycles. The molecule has 1 aliphatic rings. The predicted octanol–water partition coefficient (Wildman–Crippen LogP) is 1.01. The van der Waals surface area contributed by atoms with E-state index in [1.54, 1.807) is 12.1 Å². The van der Waals surface area contributed by atoms with Gasteiger partial charge in [0.2, 0.25) is 0 Å². The van der Waals surface area contributed by atoms with Crippen LogP contribution in [0.1, 0.15) is 22.3 Å². The molecule has 1 fully saturated rings. The maximum absolute atomic E-state index is 11.6. The molecule has 0 saturated carbocycles. The van der Waals surface area contributed by atoms with Gasteiger partial charge in [-0.3, -0.25) is 4.90 Å². The number of hydrogen-bond donors (Lipinski definition) is 1. The van der Waals surface area contributed by atoms with E-state index in [2.05, 4.69) is 4.90 Å². The van der Waals surface area contributed by atoms with Gasteiger partial charge in [-0.05, 0) is 30.7 Å². The second kappa shape index (κ2) is 6.44. The fourth-order valence-corrected chi connectivity index (χ4v) is 3.73. The molecule has 1 saturated heterocycles. The quantitative estimate of drug-likeness (QED) is 0.893. The van der Waals surface area contributed by atoms with Gasteiger partial charge in [-0.25, -0.2) is 13.2 Å². The molecule has 1 aromatic rings. The molecular formula is C14H19NO5S. The second-order valence-corrected chi connectivity index (χ2v) is 7.42. The van der Waals surface area contributed by atoms with Crippen LogP contribution in [0, 0.1) is 0 Å². The summed E-state index contributed by atoms with van der Waals surface area (Å²) < 4.78 is 28.3. The summed E-state index contributed by atoms with van der Waals surface area (Å²) in [6.45, 7) is 1.82. The highest BCUT2D eigenvalue weighted by molar-refractivity contribution is 7.91. The first-order valence-corrected chi connectivity index (χ1v) is 8.56. The predicted molar refractivity (Wildman–Crippen MR) is 78.5 cm³/mol. The van der Waals surface area contributed by atoms with Crippen LogP contribution in [0.3, 0.4) is 0 Å². The van der Waals surface area contributed by atoms with Crippen molar-refractivity contribution in [3.8, 4) is 5.75 Å². The molecule has 1 aliphatic heterocycles. The number of sulfone groups is 1. The Labute approximate surface area is 124 Å². The van der Waals surface area contributed by atoms with Crippen LogP contribution in [-0.4, -0.2) is 56.1 Å². The standard InChI is InChI=1S/C14H19NO5S/c1-20-13-9-11(3-4-12(13)14(16)17)10-15-5-2-7-21(18,19)8-6-15/h3-4,9H,2,5-8,10H2,1H3,(H,16,17). The van der Waals surface area contributed by atoms with Crippen molar-refractivity contribution in [2.45, 2.75) is 13.0 Å². The summed E-state index contributed by atoms with van der Waals surface area (Å²) in [5.41, 5.74) is 1.04. The first-order valence-electron chi connectivity index (χ1n) is 6.74. The van der Waals surface area contributed by atoms with Gasteiger partial charge in [-0.2, -0.15) is 0 Å². The van der Waals surface area contributed by atoms with Gasteiger partial charge in [-0.15, -0.1) is 0 Å². The summed E-state index contributed by atoms with van der Waals surface area (Å²) in [5, 5.41) is 9.05. The first-order chi connectivity index (χ1) is 9.91. The van der Waals surface area contributed by atoms with Crippen LogP contribution in [0.4, 0.5) is 0 Å². The Morgan fingerprint density at radius 3 is 2.76 bits per heavy atom. The number of carboxylic acids is 1. The normalized spacial score (nSPS) is 18.9. The molecular weight excluding hydrogens is 294 g/mol. The van der Waals surface area contributed by atoms with Crippen molar-refractivity contribution in [1.29, 1.82) is 0 Å². The molecule has 0 radical (unpaired) electrons. The largest absolute Gasteiger partial charge is 0.496 e. The molecule has 1 N–H and O–H groups in total. The molecule has 7 heteroatoms. The third kappa shape index (κ3) is 4.18. The summed E-state index contributed by atoms with van der Waals surface area (Å²) in [4.78, 5) is 13.1. The Morgan fingerprint density at radius 2 is 2.10 bits per heavy atom. The summed E-state index contributed by atoms with van der Waals surface area (Å²) in [7, 11) is -1.48. The molecule has 1 heterocycles. The minimum absolute atomic E-state index is 0.125. The van der Waals surface area contributed by atoms with Crippen molar-refractivity contribution < 1.29 is 23.1 Å². The number of nitrogens with zero attached hydrogens (tertiary/aromatic N) is 1. The number of carboxylic acid groups (broad SMARTS) is 1. The van der Waals surface area contributed by atoms with Gasteiger partial charge in [0.1, 0.15) is 11.3 Å². The van der Waals surface area contributed by atoms with Crippen molar-refractivity contribution in [3.63, 3.8) is 0 Å². The Balaban J connectivity index is 2.11. The van der Waals surface area contributed by atoms with Gasteiger partial charge >= 0.3 is 5.97 Å². The van der Waals surface area contributed by atoms with E-state index in [9.17, 15) is 13.2 Å². The molecule has 116 valence electrons. The lowest BCUT2D eigenvalue weighted by atomic mass is 10.1. The van der Waals surface area contributed by atoms with E-state index in [1.165, 1.54) is 13.2 Å². The van der Waals surface area contributed by atoms with Gasteiger partial charge in [0.15, 0.2) is 9.84 Å². The van der Waals surface area contributed by atoms with Crippen molar-refractivity contribution in [3.05, 3.63) is 29.3 Å². The maximum atomic E-state index is 11.6. The van der Waals surface area contributed by atoms with Gasteiger partial charge in [0, 0.05) is 13.1 Å². The number of carbonyl (C=O) groups is 1. The highest BCUT2D eigenvalue weighted by atomic mass is 32.2. The maximum Gasteiger partial charge on any atom is 0.339 e. The average molecular weight is 313 g/mol. The Hall–Kier alpha value is -1.60. The van der Waals surface area contributed by atoms with Crippen molar-refractivity contribution in [2.75, 3.05) is 31.7 Å². The molecule has 0 unspecified atom stereocenters. The van der Waals surface area contributed by atoms with E-state index in [-0.39, 0.29) is 17.1 Å². The molecule has 6 nitrogen and oxygen atoms in total. The van der Waals surface area contributed by atoms with Gasteiger partial charge in [0.05, 0.1) is 18.6 Å². The highest BCUT2D eigenvalue weighted by Crippen LogP contribution is 2.21. The molecule has 0 atom stereocenters. The average Bonchev–Trinajstić information content (AvgIpc) is 2.60. The second-order valence-electron chi connectivity index (χ2n) is 5.12. The van der Waals surface area contributed by atoms with Gasteiger partial charge in [-0.1, -0.05) is 6.07 Å². The Bertz CT molecular complexity index is 626. The molecule has 0 spiro atoms. The van der Waals surface area contributed by atoms with Crippen molar-refractivity contribution in [2.24, 2.45) is 0 Å². The van der Waals surface area contributed by atoms with Crippen LogP contribution in [0.25, 0.3) is 0 Å². The highest BCUT2D eigenvalue weighted by Gasteiger charge is 2.19. The van der Waals surface area contributed by atoms with Crippen LogP contribution in [-0.2, 0) is 16.4 Å². The fraction of sp³-hybridized carbons (Fsp3) is 0.500. The SMILES string of the molecule is COc1cc(CN2CCCS(=O)(=O)CC2)ccc1C(=O)O. The zero-order valence-corrected chi connectivity index (χ0v) is 12.7. The van der Waals surface area contributed by atoms with E-state index in [1.807, 2.05) is 0 Å². The molecule has 0 aromatic heterocycles.